The largest absolute Gasteiger partial charge is 0.356 e. The SMILES string of the molecule is CCN1CCC(CNC(=NC)NCc2ccccc2Cl)C1.I. The van der Waals surface area contributed by atoms with Crippen molar-refractivity contribution in [3.8, 4) is 0 Å². The summed E-state index contributed by atoms with van der Waals surface area (Å²) in [6.45, 7) is 7.43. The molecule has 1 aliphatic rings. The Balaban J connectivity index is 0.00000242. The van der Waals surface area contributed by atoms with Crippen LogP contribution in [-0.2, 0) is 6.54 Å². The van der Waals surface area contributed by atoms with Crippen LogP contribution in [0.3, 0.4) is 0 Å². The number of hydrogen-bond acceptors (Lipinski definition) is 2. The van der Waals surface area contributed by atoms with E-state index in [9.17, 15) is 0 Å². The summed E-state index contributed by atoms with van der Waals surface area (Å²) in [6.07, 6.45) is 1.27. The molecule has 0 saturated carbocycles. The second-order valence-corrected chi connectivity index (χ2v) is 5.85. The highest BCUT2D eigenvalue weighted by atomic mass is 127. The minimum Gasteiger partial charge on any atom is -0.356 e. The van der Waals surface area contributed by atoms with E-state index in [4.69, 9.17) is 11.6 Å². The van der Waals surface area contributed by atoms with E-state index >= 15 is 0 Å². The first-order valence-electron chi connectivity index (χ1n) is 7.63. The van der Waals surface area contributed by atoms with Crippen molar-refractivity contribution in [3.05, 3.63) is 34.9 Å². The number of nitrogens with zero attached hydrogens (tertiary/aromatic N) is 2. The zero-order valence-corrected chi connectivity index (χ0v) is 16.4. The summed E-state index contributed by atoms with van der Waals surface area (Å²) in [4.78, 5) is 6.76. The molecule has 1 fully saturated rings. The first-order chi connectivity index (χ1) is 10.2. The molecule has 1 heterocycles. The lowest BCUT2D eigenvalue weighted by molar-refractivity contribution is 0.342. The standard InChI is InChI=1S/C16H25ClN4.HI/c1-3-21-9-8-13(12-21)10-19-16(18-2)20-11-14-6-4-5-7-15(14)17;/h4-7,13H,3,8-12H2,1-2H3,(H2,18,19,20);1H. The zero-order chi connectivity index (χ0) is 15.1. The number of aliphatic imine (C=N–C) groups is 1. The van der Waals surface area contributed by atoms with Gasteiger partial charge in [0.05, 0.1) is 0 Å². The van der Waals surface area contributed by atoms with E-state index in [1.807, 2.05) is 24.3 Å². The first kappa shape index (κ1) is 19.5. The average molecular weight is 437 g/mol. The molecule has 2 rings (SSSR count). The van der Waals surface area contributed by atoms with Gasteiger partial charge in [-0.25, -0.2) is 0 Å². The van der Waals surface area contributed by atoms with E-state index in [-0.39, 0.29) is 24.0 Å². The molecule has 6 heteroatoms. The van der Waals surface area contributed by atoms with Crippen molar-refractivity contribution in [2.24, 2.45) is 10.9 Å². The monoisotopic (exact) mass is 436 g/mol. The van der Waals surface area contributed by atoms with E-state index in [0.717, 1.165) is 29.6 Å². The maximum atomic E-state index is 6.16. The van der Waals surface area contributed by atoms with E-state index in [1.165, 1.54) is 19.5 Å². The maximum Gasteiger partial charge on any atom is 0.191 e. The zero-order valence-electron chi connectivity index (χ0n) is 13.3. The molecule has 1 aromatic carbocycles. The molecular weight excluding hydrogens is 411 g/mol. The van der Waals surface area contributed by atoms with Gasteiger partial charge in [-0.05, 0) is 37.1 Å². The molecule has 0 spiro atoms. The fourth-order valence-electron chi connectivity index (χ4n) is 2.65. The van der Waals surface area contributed by atoms with Gasteiger partial charge in [0, 0.05) is 31.7 Å². The minimum absolute atomic E-state index is 0. The molecule has 0 radical (unpaired) electrons. The van der Waals surface area contributed by atoms with Crippen LogP contribution in [0.15, 0.2) is 29.3 Å². The van der Waals surface area contributed by atoms with Crippen molar-refractivity contribution < 1.29 is 0 Å². The number of nitrogens with one attached hydrogen (secondary N) is 2. The highest BCUT2D eigenvalue weighted by Gasteiger charge is 2.20. The lowest BCUT2D eigenvalue weighted by Gasteiger charge is -2.16. The molecule has 1 aromatic rings. The third-order valence-corrected chi connectivity index (χ3v) is 4.37. The lowest BCUT2D eigenvalue weighted by atomic mass is 10.1. The molecule has 4 nitrogen and oxygen atoms in total. The van der Waals surface area contributed by atoms with Crippen LogP contribution in [0, 0.1) is 5.92 Å². The maximum absolute atomic E-state index is 6.16. The van der Waals surface area contributed by atoms with Gasteiger partial charge in [-0.2, -0.15) is 0 Å². The number of likely N-dealkylation sites (tertiary alicyclic amines) is 1. The normalized spacial score (nSPS) is 18.9. The molecule has 0 aromatic heterocycles. The van der Waals surface area contributed by atoms with Crippen molar-refractivity contribution in [1.82, 2.24) is 15.5 Å². The van der Waals surface area contributed by atoms with Crippen LogP contribution in [0.1, 0.15) is 18.9 Å². The van der Waals surface area contributed by atoms with Gasteiger partial charge in [0.2, 0.25) is 0 Å². The predicted molar refractivity (Wildman–Crippen MR) is 105 cm³/mol. The molecular formula is C16H26ClIN4. The summed E-state index contributed by atoms with van der Waals surface area (Å²) >= 11 is 6.16. The number of hydrogen-bond donors (Lipinski definition) is 2. The summed E-state index contributed by atoms with van der Waals surface area (Å²) in [5, 5.41) is 7.52. The highest BCUT2D eigenvalue weighted by molar-refractivity contribution is 14.0. The highest BCUT2D eigenvalue weighted by Crippen LogP contribution is 2.15. The Kier molecular flexibility index (Phi) is 9.12. The van der Waals surface area contributed by atoms with Crippen molar-refractivity contribution in [2.75, 3.05) is 33.2 Å². The molecule has 22 heavy (non-hydrogen) atoms. The van der Waals surface area contributed by atoms with Gasteiger partial charge < -0.3 is 15.5 Å². The average Bonchev–Trinajstić information content (AvgIpc) is 2.97. The van der Waals surface area contributed by atoms with Crippen molar-refractivity contribution in [1.29, 1.82) is 0 Å². The Bertz CT molecular complexity index is 481. The van der Waals surface area contributed by atoms with E-state index < -0.39 is 0 Å². The summed E-state index contributed by atoms with van der Waals surface area (Å²) < 4.78 is 0. The number of guanidine groups is 1. The molecule has 2 N–H and O–H groups in total. The Labute approximate surface area is 155 Å². The van der Waals surface area contributed by atoms with Gasteiger partial charge >= 0.3 is 0 Å². The van der Waals surface area contributed by atoms with Gasteiger partial charge in [-0.1, -0.05) is 36.7 Å². The minimum atomic E-state index is 0. The van der Waals surface area contributed by atoms with Gasteiger partial charge in [0.15, 0.2) is 5.96 Å². The Morgan fingerprint density at radius 1 is 1.36 bits per heavy atom. The van der Waals surface area contributed by atoms with Gasteiger partial charge in [0.1, 0.15) is 0 Å². The lowest BCUT2D eigenvalue weighted by Crippen LogP contribution is -2.40. The molecule has 1 aliphatic heterocycles. The molecule has 1 saturated heterocycles. The summed E-state index contributed by atoms with van der Waals surface area (Å²) in [6, 6.07) is 7.88. The van der Waals surface area contributed by atoms with Crippen LogP contribution in [0.5, 0.6) is 0 Å². The van der Waals surface area contributed by atoms with Crippen LogP contribution in [0.4, 0.5) is 0 Å². The second kappa shape index (κ2) is 10.3. The third kappa shape index (κ3) is 5.93. The summed E-state index contributed by atoms with van der Waals surface area (Å²) in [5.74, 6) is 1.55. The van der Waals surface area contributed by atoms with Gasteiger partial charge in [0.25, 0.3) is 0 Å². The fraction of sp³-hybridized carbons (Fsp3) is 0.562. The van der Waals surface area contributed by atoms with Crippen LogP contribution in [0.25, 0.3) is 0 Å². The molecule has 124 valence electrons. The number of halogens is 2. The second-order valence-electron chi connectivity index (χ2n) is 5.45. The van der Waals surface area contributed by atoms with Crippen molar-refractivity contribution >= 4 is 41.5 Å². The first-order valence-corrected chi connectivity index (χ1v) is 8.01. The Morgan fingerprint density at radius 2 is 2.14 bits per heavy atom. The van der Waals surface area contributed by atoms with E-state index in [1.54, 1.807) is 7.05 Å². The van der Waals surface area contributed by atoms with Crippen LogP contribution >= 0.6 is 35.6 Å². The molecule has 1 unspecified atom stereocenters. The van der Waals surface area contributed by atoms with Crippen LogP contribution < -0.4 is 10.6 Å². The van der Waals surface area contributed by atoms with Crippen molar-refractivity contribution in [3.63, 3.8) is 0 Å². The fourth-order valence-corrected chi connectivity index (χ4v) is 2.85. The van der Waals surface area contributed by atoms with E-state index in [2.05, 4.69) is 27.4 Å². The van der Waals surface area contributed by atoms with Crippen LogP contribution in [0.2, 0.25) is 5.02 Å². The Morgan fingerprint density at radius 3 is 2.77 bits per heavy atom. The molecule has 0 amide bonds. The predicted octanol–water partition coefficient (Wildman–Crippen LogP) is 2.96. The third-order valence-electron chi connectivity index (χ3n) is 4.00. The summed E-state index contributed by atoms with van der Waals surface area (Å²) in [5.41, 5.74) is 1.08. The smallest absolute Gasteiger partial charge is 0.191 e. The molecule has 0 bridgehead atoms. The van der Waals surface area contributed by atoms with E-state index in [0.29, 0.717) is 12.5 Å². The van der Waals surface area contributed by atoms with Crippen molar-refractivity contribution in [2.45, 2.75) is 19.9 Å². The summed E-state index contributed by atoms with van der Waals surface area (Å²) in [7, 11) is 1.80. The van der Waals surface area contributed by atoms with Crippen LogP contribution in [-0.4, -0.2) is 44.1 Å². The Hall–Kier alpha value is -0.530. The number of benzene rings is 1. The van der Waals surface area contributed by atoms with Gasteiger partial charge in [-0.15, -0.1) is 24.0 Å². The topological polar surface area (TPSA) is 39.7 Å². The molecule has 1 atom stereocenters. The number of rotatable bonds is 5. The van der Waals surface area contributed by atoms with Gasteiger partial charge in [-0.3, -0.25) is 4.99 Å². The molecule has 0 aliphatic carbocycles. The quantitative estimate of drug-likeness (QED) is 0.423.